The van der Waals surface area contributed by atoms with Crippen molar-refractivity contribution >= 4 is 11.6 Å². The van der Waals surface area contributed by atoms with Crippen LogP contribution in [0.2, 0.25) is 5.02 Å². The van der Waals surface area contributed by atoms with Gasteiger partial charge in [-0.3, -0.25) is 9.80 Å². The molecule has 2 saturated heterocycles. The summed E-state index contributed by atoms with van der Waals surface area (Å²) >= 11 is 6.21. The molecule has 1 aromatic rings. The minimum Gasteiger partial charge on any atom is -0.298 e. The maximum Gasteiger partial charge on any atom is 0.0409 e. The summed E-state index contributed by atoms with van der Waals surface area (Å²) in [5.74, 6) is 0.911. The zero-order valence-electron chi connectivity index (χ0n) is 14.1. The van der Waals surface area contributed by atoms with Crippen molar-refractivity contribution < 1.29 is 0 Å². The van der Waals surface area contributed by atoms with Crippen LogP contribution in [0.1, 0.15) is 50.5 Å². The fourth-order valence-corrected chi connectivity index (χ4v) is 5.52. The highest BCUT2D eigenvalue weighted by Gasteiger charge is 2.42. The number of fused-ring (bicyclic) bond motifs is 1. The second-order valence-electron chi connectivity index (χ2n) is 7.73. The van der Waals surface area contributed by atoms with Crippen molar-refractivity contribution in [2.45, 2.75) is 63.6 Å². The Labute approximate surface area is 145 Å². The van der Waals surface area contributed by atoms with Crippen LogP contribution in [-0.4, -0.2) is 41.5 Å². The fourth-order valence-electron chi connectivity index (χ4n) is 5.31. The van der Waals surface area contributed by atoms with Crippen LogP contribution in [0.4, 0.5) is 0 Å². The topological polar surface area (TPSA) is 6.48 Å². The molecule has 2 heterocycles. The Morgan fingerprint density at radius 3 is 2.65 bits per heavy atom. The molecule has 0 aromatic heterocycles. The Kier molecular flexibility index (Phi) is 4.93. The summed E-state index contributed by atoms with van der Waals surface area (Å²) in [6, 6.07) is 10.1. The zero-order chi connectivity index (χ0) is 15.6. The molecule has 0 unspecified atom stereocenters. The third-order valence-electron chi connectivity index (χ3n) is 6.31. The van der Waals surface area contributed by atoms with Crippen molar-refractivity contribution in [2.75, 3.05) is 19.6 Å². The lowest BCUT2D eigenvalue weighted by Gasteiger charge is -2.49. The van der Waals surface area contributed by atoms with Gasteiger partial charge < -0.3 is 0 Å². The van der Waals surface area contributed by atoms with Gasteiger partial charge in [0.25, 0.3) is 0 Å². The van der Waals surface area contributed by atoms with Crippen molar-refractivity contribution in [3.63, 3.8) is 0 Å². The van der Waals surface area contributed by atoms with E-state index in [2.05, 4.69) is 28.0 Å². The lowest BCUT2D eigenvalue weighted by molar-refractivity contribution is -0.00379. The molecular weight excluding hydrogens is 304 g/mol. The number of halogens is 1. The first-order chi connectivity index (χ1) is 11.3. The Morgan fingerprint density at radius 1 is 0.957 bits per heavy atom. The van der Waals surface area contributed by atoms with E-state index in [0.29, 0.717) is 0 Å². The van der Waals surface area contributed by atoms with Crippen molar-refractivity contribution in [2.24, 2.45) is 5.92 Å². The van der Waals surface area contributed by atoms with Gasteiger partial charge in [-0.25, -0.2) is 0 Å². The lowest BCUT2D eigenvalue weighted by Crippen LogP contribution is -2.59. The third kappa shape index (κ3) is 3.45. The minimum absolute atomic E-state index is 0.769. The second-order valence-corrected chi connectivity index (χ2v) is 8.17. The molecule has 0 amide bonds. The predicted molar refractivity (Wildman–Crippen MR) is 96.8 cm³/mol. The van der Waals surface area contributed by atoms with E-state index in [1.807, 2.05) is 6.07 Å². The van der Waals surface area contributed by atoms with E-state index < -0.39 is 0 Å². The molecule has 126 valence electrons. The van der Waals surface area contributed by atoms with Gasteiger partial charge in [0.15, 0.2) is 0 Å². The van der Waals surface area contributed by atoms with Gasteiger partial charge in [0.05, 0.1) is 0 Å². The fraction of sp³-hybridized carbons (Fsp3) is 0.700. The minimum atomic E-state index is 0.769. The maximum atomic E-state index is 6.21. The zero-order valence-corrected chi connectivity index (χ0v) is 14.8. The maximum absolute atomic E-state index is 6.21. The number of hydrogen-bond acceptors (Lipinski definition) is 2. The average molecular weight is 333 g/mol. The van der Waals surface area contributed by atoms with E-state index in [1.165, 1.54) is 70.1 Å². The van der Waals surface area contributed by atoms with Crippen LogP contribution in [-0.2, 0) is 6.54 Å². The first-order valence-electron chi connectivity index (χ1n) is 9.54. The predicted octanol–water partition coefficient (Wildman–Crippen LogP) is 4.57. The smallest absolute Gasteiger partial charge is 0.0409 e. The van der Waals surface area contributed by atoms with Crippen molar-refractivity contribution in [1.82, 2.24) is 9.80 Å². The number of piperazine rings is 1. The second kappa shape index (κ2) is 7.13. The van der Waals surface area contributed by atoms with E-state index in [9.17, 15) is 0 Å². The first-order valence-corrected chi connectivity index (χ1v) is 9.91. The van der Waals surface area contributed by atoms with Gasteiger partial charge in [-0.2, -0.15) is 0 Å². The molecular formula is C20H29ClN2. The van der Waals surface area contributed by atoms with Gasteiger partial charge in [0, 0.05) is 36.7 Å². The Balaban J connectivity index is 1.55. The molecule has 1 saturated carbocycles. The molecule has 2 nitrogen and oxygen atoms in total. The quantitative estimate of drug-likeness (QED) is 0.800. The first kappa shape index (κ1) is 15.9. The monoisotopic (exact) mass is 332 g/mol. The molecule has 2 aliphatic heterocycles. The summed E-state index contributed by atoms with van der Waals surface area (Å²) in [4.78, 5) is 5.59. The van der Waals surface area contributed by atoms with Crippen LogP contribution in [0.5, 0.6) is 0 Å². The van der Waals surface area contributed by atoms with Gasteiger partial charge in [0.2, 0.25) is 0 Å². The van der Waals surface area contributed by atoms with E-state index in [0.717, 1.165) is 29.6 Å². The molecule has 0 bridgehead atoms. The lowest BCUT2D eigenvalue weighted by atomic mass is 9.78. The highest BCUT2D eigenvalue weighted by atomic mass is 35.5. The molecule has 4 rings (SSSR count). The third-order valence-corrected chi connectivity index (χ3v) is 6.55. The standard InChI is InChI=1S/C20H29ClN2/c21-18-9-4-6-16(14-18)15-23-13-12-22-11-5-10-19(22)20(23)17-7-2-1-3-8-17/h4,6,9,14,17,19-20H,1-3,5,7-8,10-13,15H2/t19-,20-/m0/s1. The van der Waals surface area contributed by atoms with E-state index >= 15 is 0 Å². The molecule has 0 spiro atoms. The highest BCUT2D eigenvalue weighted by Crippen LogP contribution is 2.38. The van der Waals surface area contributed by atoms with E-state index in [-0.39, 0.29) is 0 Å². The van der Waals surface area contributed by atoms with E-state index in [1.54, 1.807) is 0 Å². The summed E-state index contributed by atoms with van der Waals surface area (Å²) in [6.07, 6.45) is 10.0. The van der Waals surface area contributed by atoms with Crippen LogP contribution < -0.4 is 0 Å². The van der Waals surface area contributed by atoms with E-state index in [4.69, 9.17) is 11.6 Å². The van der Waals surface area contributed by atoms with Crippen LogP contribution in [0.15, 0.2) is 24.3 Å². The SMILES string of the molecule is Clc1cccc(CN2CCN3CCC[C@H]3[C@@H]2C2CCCCC2)c1. The van der Waals surface area contributed by atoms with Crippen LogP contribution in [0.3, 0.4) is 0 Å². The van der Waals surface area contributed by atoms with Gasteiger partial charge in [-0.05, 0) is 55.8 Å². The van der Waals surface area contributed by atoms with Gasteiger partial charge >= 0.3 is 0 Å². The average Bonchev–Trinajstić information content (AvgIpc) is 3.04. The summed E-state index contributed by atoms with van der Waals surface area (Å²) < 4.78 is 0. The number of nitrogens with zero attached hydrogens (tertiary/aromatic N) is 2. The molecule has 3 fully saturated rings. The van der Waals surface area contributed by atoms with Gasteiger partial charge in [-0.15, -0.1) is 0 Å². The largest absolute Gasteiger partial charge is 0.298 e. The molecule has 3 aliphatic rings. The highest BCUT2D eigenvalue weighted by molar-refractivity contribution is 6.30. The van der Waals surface area contributed by atoms with Gasteiger partial charge in [-0.1, -0.05) is 43.0 Å². The molecule has 0 N–H and O–H groups in total. The normalized spacial score (nSPS) is 30.5. The summed E-state index contributed by atoms with van der Waals surface area (Å²) in [6.45, 7) is 4.89. The molecule has 23 heavy (non-hydrogen) atoms. The molecule has 1 aliphatic carbocycles. The van der Waals surface area contributed by atoms with Crippen molar-refractivity contribution in [3.8, 4) is 0 Å². The number of benzene rings is 1. The van der Waals surface area contributed by atoms with Crippen molar-refractivity contribution in [3.05, 3.63) is 34.9 Å². The van der Waals surface area contributed by atoms with Crippen molar-refractivity contribution in [1.29, 1.82) is 0 Å². The summed E-state index contributed by atoms with van der Waals surface area (Å²) in [7, 11) is 0. The van der Waals surface area contributed by atoms with Crippen LogP contribution in [0.25, 0.3) is 0 Å². The van der Waals surface area contributed by atoms with Crippen LogP contribution in [0, 0.1) is 5.92 Å². The Morgan fingerprint density at radius 2 is 1.83 bits per heavy atom. The Bertz CT molecular complexity index is 526. The number of hydrogen-bond donors (Lipinski definition) is 0. The number of rotatable bonds is 3. The Hall–Kier alpha value is -0.570. The molecule has 0 radical (unpaired) electrons. The summed E-state index contributed by atoms with van der Waals surface area (Å²) in [5.41, 5.74) is 1.38. The van der Waals surface area contributed by atoms with Gasteiger partial charge in [0.1, 0.15) is 0 Å². The molecule has 1 aromatic carbocycles. The molecule has 3 heteroatoms. The molecule has 2 atom stereocenters. The summed E-state index contributed by atoms with van der Waals surface area (Å²) in [5, 5.41) is 0.871. The van der Waals surface area contributed by atoms with Crippen LogP contribution >= 0.6 is 11.6 Å².